The molecule has 0 radical (unpaired) electrons. The van der Waals surface area contributed by atoms with Gasteiger partial charge in [0.1, 0.15) is 17.7 Å². The van der Waals surface area contributed by atoms with Crippen LogP contribution in [0.15, 0.2) is 77.2 Å². The molecule has 3 heterocycles. The van der Waals surface area contributed by atoms with Crippen LogP contribution in [-0.2, 0) is 10.0 Å². The van der Waals surface area contributed by atoms with Gasteiger partial charge < -0.3 is 0 Å². The number of aliphatic imine (C=N–C) groups is 4. The van der Waals surface area contributed by atoms with Crippen molar-refractivity contribution in [3.63, 3.8) is 0 Å². The summed E-state index contributed by atoms with van der Waals surface area (Å²) in [6.07, 6.45) is 5.72. The summed E-state index contributed by atoms with van der Waals surface area (Å²) < 4.78 is 31.0. The zero-order valence-corrected chi connectivity index (χ0v) is 15.6. The van der Waals surface area contributed by atoms with E-state index in [1.54, 1.807) is 6.07 Å². The number of anilines is 1. The number of fused-ring (bicyclic) bond motifs is 1. The molecular formula is C15H11N9O2S2. The summed E-state index contributed by atoms with van der Waals surface area (Å²) in [5.41, 5.74) is 0.483. The number of rotatable bonds is 5. The molecule has 2 aliphatic rings. The van der Waals surface area contributed by atoms with E-state index in [0.717, 1.165) is 11.9 Å². The van der Waals surface area contributed by atoms with Gasteiger partial charge in [0.15, 0.2) is 11.9 Å². The van der Waals surface area contributed by atoms with Crippen LogP contribution in [0.25, 0.3) is 0 Å². The molecule has 1 N–H and O–H groups in total. The van der Waals surface area contributed by atoms with E-state index in [0.29, 0.717) is 16.6 Å². The van der Waals surface area contributed by atoms with E-state index < -0.39 is 10.0 Å². The largest absolute Gasteiger partial charge is 0.264 e. The van der Waals surface area contributed by atoms with Crippen molar-refractivity contribution >= 4 is 57.2 Å². The zero-order chi connectivity index (χ0) is 19.4. The molecule has 28 heavy (non-hydrogen) atoms. The highest BCUT2D eigenvalue weighted by molar-refractivity contribution is 8.13. The van der Waals surface area contributed by atoms with E-state index >= 15 is 0 Å². The van der Waals surface area contributed by atoms with Gasteiger partial charge in [0.25, 0.3) is 10.0 Å². The molecule has 11 nitrogen and oxygen atoms in total. The Hall–Kier alpha value is -3.32. The summed E-state index contributed by atoms with van der Waals surface area (Å²) in [7, 11) is -3.79. The molecule has 0 bridgehead atoms. The summed E-state index contributed by atoms with van der Waals surface area (Å²) in [6, 6.07) is 7.16. The van der Waals surface area contributed by atoms with Crippen molar-refractivity contribution in [1.82, 2.24) is 9.97 Å². The predicted octanol–water partition coefficient (Wildman–Crippen LogP) is 2.26. The Morgan fingerprint density at radius 3 is 2.61 bits per heavy atom. The van der Waals surface area contributed by atoms with E-state index in [1.807, 2.05) is 0 Å². The second-order valence-corrected chi connectivity index (χ2v) is 7.76. The number of aromatic nitrogens is 2. The van der Waals surface area contributed by atoms with Gasteiger partial charge in [-0.25, -0.2) is 38.1 Å². The molecule has 1 atom stereocenters. The van der Waals surface area contributed by atoms with Gasteiger partial charge in [0, 0.05) is 12.4 Å². The van der Waals surface area contributed by atoms with Gasteiger partial charge in [-0.05, 0) is 30.3 Å². The predicted molar refractivity (Wildman–Crippen MR) is 107 cm³/mol. The van der Waals surface area contributed by atoms with Gasteiger partial charge in [-0.15, -0.1) is 9.63 Å². The lowest BCUT2D eigenvalue weighted by Crippen LogP contribution is -2.25. The summed E-state index contributed by atoms with van der Waals surface area (Å²) in [6.45, 7) is 0. The van der Waals surface area contributed by atoms with Crippen LogP contribution in [0.3, 0.4) is 0 Å². The number of amidine groups is 1. The fourth-order valence-electron chi connectivity index (χ4n) is 2.20. The van der Waals surface area contributed by atoms with Crippen molar-refractivity contribution in [1.29, 1.82) is 0 Å². The third-order valence-corrected chi connectivity index (χ3v) is 5.51. The quantitative estimate of drug-likeness (QED) is 0.590. The lowest BCUT2D eigenvalue weighted by molar-refractivity contribution is 0.601. The van der Waals surface area contributed by atoms with Gasteiger partial charge >= 0.3 is 0 Å². The number of nitrogens with zero attached hydrogens (tertiary/aromatic N) is 8. The Morgan fingerprint density at radius 1 is 1.04 bits per heavy atom. The molecule has 0 saturated heterocycles. The monoisotopic (exact) mass is 413 g/mol. The van der Waals surface area contributed by atoms with Gasteiger partial charge in [0.05, 0.1) is 22.5 Å². The van der Waals surface area contributed by atoms with Crippen LogP contribution in [0.5, 0.6) is 0 Å². The first-order valence-corrected chi connectivity index (χ1v) is 10.0. The van der Waals surface area contributed by atoms with Crippen LogP contribution >= 0.6 is 11.9 Å². The molecule has 0 fully saturated rings. The topological polar surface area (TPSA) is 146 Å². The standard InChI is InChI=1S/C15H11N9O2S2/c25-28(26,23-15-16-6-1-7-17-15)11-4-2-10(3-5-11)22-24-27-14-12-13(19-8-18-12)20-9-21-14/h1-9,12H,(H,16,17,23). The molecule has 2 aliphatic heterocycles. The van der Waals surface area contributed by atoms with E-state index in [1.165, 1.54) is 49.3 Å². The van der Waals surface area contributed by atoms with E-state index in [2.05, 4.69) is 44.3 Å². The zero-order valence-electron chi connectivity index (χ0n) is 14.0. The highest BCUT2D eigenvalue weighted by atomic mass is 32.2. The van der Waals surface area contributed by atoms with Crippen molar-refractivity contribution in [3.05, 3.63) is 42.7 Å². The smallest absolute Gasteiger partial charge is 0.255 e. The maximum atomic E-state index is 12.3. The normalized spacial score (nSPS) is 18.1. The summed E-state index contributed by atoms with van der Waals surface area (Å²) in [4.78, 5) is 24.1. The average Bonchev–Trinajstić information content (AvgIpc) is 3.19. The van der Waals surface area contributed by atoms with E-state index in [4.69, 9.17) is 0 Å². The van der Waals surface area contributed by atoms with Crippen LogP contribution in [-0.4, -0.2) is 48.0 Å². The van der Waals surface area contributed by atoms with E-state index in [9.17, 15) is 8.42 Å². The molecule has 2 aromatic rings. The molecule has 1 aromatic heterocycles. The fourth-order valence-corrected chi connectivity index (χ4v) is 3.73. The Morgan fingerprint density at radius 2 is 1.82 bits per heavy atom. The maximum Gasteiger partial charge on any atom is 0.264 e. The summed E-state index contributed by atoms with van der Waals surface area (Å²) in [5.74, 6) is 0.564. The Labute approximate surface area is 163 Å². The van der Waals surface area contributed by atoms with Crippen LogP contribution in [0.4, 0.5) is 11.6 Å². The second kappa shape index (κ2) is 7.74. The van der Waals surface area contributed by atoms with Crippen molar-refractivity contribution in [2.45, 2.75) is 10.9 Å². The Bertz CT molecular complexity index is 1120. The van der Waals surface area contributed by atoms with Gasteiger partial charge in [-0.3, -0.25) is 4.99 Å². The third-order valence-electron chi connectivity index (χ3n) is 3.49. The highest BCUT2D eigenvalue weighted by Gasteiger charge is 2.26. The molecule has 1 aromatic carbocycles. The molecule has 0 amide bonds. The molecule has 0 spiro atoms. The lowest BCUT2D eigenvalue weighted by Gasteiger charge is -2.10. The number of nitrogens with one attached hydrogen (secondary N) is 1. The van der Waals surface area contributed by atoms with Crippen LogP contribution in [0.1, 0.15) is 0 Å². The average molecular weight is 413 g/mol. The first-order chi connectivity index (χ1) is 13.6. The van der Waals surface area contributed by atoms with Crippen molar-refractivity contribution in [3.8, 4) is 0 Å². The molecule has 13 heteroatoms. The summed E-state index contributed by atoms with van der Waals surface area (Å²) in [5, 5.41) is 4.66. The molecule has 0 saturated carbocycles. The number of hydrogen-bond acceptors (Lipinski definition) is 11. The highest BCUT2D eigenvalue weighted by Crippen LogP contribution is 2.23. The lowest BCUT2D eigenvalue weighted by atomic mass is 10.3. The number of hydrogen-bond donors (Lipinski definition) is 1. The van der Waals surface area contributed by atoms with Crippen molar-refractivity contribution in [2.24, 2.45) is 29.6 Å². The van der Waals surface area contributed by atoms with Gasteiger partial charge in [-0.1, -0.05) is 0 Å². The number of benzene rings is 1. The SMILES string of the molecule is O=S(=O)(Nc1ncccn1)c1ccc(N=NSC2=NC=NC3=NC=NC32)cc1. The molecular weight excluding hydrogens is 402 g/mol. The second-order valence-electron chi connectivity index (χ2n) is 5.31. The first kappa shape index (κ1) is 18.1. The molecule has 0 aliphatic carbocycles. The van der Waals surface area contributed by atoms with E-state index in [-0.39, 0.29) is 16.9 Å². The van der Waals surface area contributed by atoms with Crippen molar-refractivity contribution < 1.29 is 8.42 Å². The minimum Gasteiger partial charge on any atom is -0.255 e. The Balaban J connectivity index is 1.41. The van der Waals surface area contributed by atoms with Crippen LogP contribution < -0.4 is 4.72 Å². The molecule has 4 rings (SSSR count). The van der Waals surface area contributed by atoms with Gasteiger partial charge in [-0.2, -0.15) is 0 Å². The summed E-state index contributed by atoms with van der Waals surface area (Å²) >= 11 is 1.06. The Kier molecular flexibility index (Phi) is 4.99. The fraction of sp³-hybridized carbons (Fsp3) is 0.0667. The van der Waals surface area contributed by atoms with Crippen LogP contribution in [0.2, 0.25) is 0 Å². The molecule has 140 valence electrons. The molecule has 1 unspecified atom stereocenters. The first-order valence-electron chi connectivity index (χ1n) is 7.79. The minimum absolute atomic E-state index is 0.00283. The number of sulfonamides is 1. The van der Waals surface area contributed by atoms with Crippen molar-refractivity contribution in [2.75, 3.05) is 4.72 Å². The van der Waals surface area contributed by atoms with Gasteiger partial charge in [0.2, 0.25) is 5.95 Å². The third kappa shape index (κ3) is 3.99. The maximum absolute atomic E-state index is 12.3. The minimum atomic E-state index is -3.79. The van der Waals surface area contributed by atoms with Crippen LogP contribution in [0, 0.1) is 0 Å².